The number of hydrogen-bond acceptors (Lipinski definition) is 7. The van der Waals surface area contributed by atoms with Crippen molar-refractivity contribution in [1.82, 2.24) is 9.97 Å². The number of fused-ring (bicyclic) bond motifs is 2. The van der Waals surface area contributed by atoms with E-state index in [9.17, 15) is 4.79 Å². The van der Waals surface area contributed by atoms with Gasteiger partial charge in [0, 0.05) is 11.1 Å². The van der Waals surface area contributed by atoms with Gasteiger partial charge in [-0.3, -0.25) is 10.1 Å². The van der Waals surface area contributed by atoms with Gasteiger partial charge < -0.3 is 10.5 Å². The van der Waals surface area contributed by atoms with Crippen molar-refractivity contribution in [2.45, 2.75) is 26.2 Å². The van der Waals surface area contributed by atoms with Crippen molar-refractivity contribution in [2.24, 2.45) is 0 Å². The van der Waals surface area contributed by atoms with Crippen LogP contribution < -0.4 is 15.8 Å². The molecule has 6 nitrogen and oxygen atoms in total. The first kappa shape index (κ1) is 18.6. The molecule has 1 aromatic carbocycles. The van der Waals surface area contributed by atoms with Gasteiger partial charge in [-0.1, -0.05) is 24.7 Å². The molecule has 3 heterocycles. The Hall–Kier alpha value is -2.71. The highest BCUT2D eigenvalue weighted by Crippen LogP contribution is 2.34. The van der Waals surface area contributed by atoms with Crippen LogP contribution in [0.15, 0.2) is 30.3 Å². The molecule has 4 aromatic rings. The number of carbonyl (C=O) groups excluding carboxylic acids is 1. The summed E-state index contributed by atoms with van der Waals surface area (Å²) in [5, 5.41) is 4.22. The summed E-state index contributed by atoms with van der Waals surface area (Å²) >= 11 is 2.72. The third-order valence-electron chi connectivity index (χ3n) is 4.46. The Morgan fingerprint density at radius 1 is 1.21 bits per heavy atom. The van der Waals surface area contributed by atoms with Crippen LogP contribution in [0.2, 0.25) is 0 Å². The lowest BCUT2D eigenvalue weighted by Gasteiger charge is -2.00. The maximum Gasteiger partial charge on any atom is 0.269 e. The van der Waals surface area contributed by atoms with Gasteiger partial charge in [-0.2, -0.15) is 0 Å². The first-order chi connectivity index (χ1) is 13.6. The molecular weight excluding hydrogens is 392 g/mol. The molecule has 8 heteroatoms. The number of amides is 1. The summed E-state index contributed by atoms with van der Waals surface area (Å²) in [5.74, 6) is 0.495. The predicted octanol–water partition coefficient (Wildman–Crippen LogP) is 5.09. The van der Waals surface area contributed by atoms with E-state index in [4.69, 9.17) is 10.5 Å². The van der Waals surface area contributed by atoms with E-state index in [2.05, 4.69) is 22.2 Å². The third kappa shape index (κ3) is 3.53. The molecule has 144 valence electrons. The summed E-state index contributed by atoms with van der Waals surface area (Å²) in [6.07, 6.45) is 3.14. The van der Waals surface area contributed by atoms with Crippen molar-refractivity contribution in [3.8, 4) is 5.75 Å². The van der Waals surface area contributed by atoms with Crippen LogP contribution in [0.1, 0.15) is 35.1 Å². The number of aryl methyl sites for hydroxylation is 1. The molecule has 0 saturated heterocycles. The molecule has 1 amide bonds. The summed E-state index contributed by atoms with van der Waals surface area (Å²) in [7, 11) is 1.62. The first-order valence-corrected chi connectivity index (χ1v) is 10.7. The molecule has 0 spiro atoms. The quantitative estimate of drug-likeness (QED) is 0.460. The molecule has 0 radical (unpaired) electrons. The van der Waals surface area contributed by atoms with Gasteiger partial charge in [0.25, 0.3) is 5.91 Å². The van der Waals surface area contributed by atoms with E-state index in [1.807, 2.05) is 30.3 Å². The van der Waals surface area contributed by atoms with Gasteiger partial charge in [-0.15, -0.1) is 11.3 Å². The summed E-state index contributed by atoms with van der Waals surface area (Å²) in [6.45, 7) is 2.15. The Kier molecular flexibility index (Phi) is 5.15. The summed E-state index contributed by atoms with van der Waals surface area (Å²) in [6, 6.07) is 9.57. The van der Waals surface area contributed by atoms with E-state index in [1.165, 1.54) is 22.7 Å². The van der Waals surface area contributed by atoms with Crippen molar-refractivity contribution in [1.29, 1.82) is 0 Å². The number of benzene rings is 1. The smallest absolute Gasteiger partial charge is 0.269 e. The first-order valence-electron chi connectivity index (χ1n) is 9.03. The van der Waals surface area contributed by atoms with E-state index in [0.29, 0.717) is 15.7 Å². The number of hydrogen-bond donors (Lipinski definition) is 2. The van der Waals surface area contributed by atoms with E-state index in [1.54, 1.807) is 7.11 Å². The SMILES string of the molecule is CCCCc1ccc2c(N)c(C(=O)Nc3nc4ccc(OC)cc4s3)sc2n1. The second-order valence-corrected chi connectivity index (χ2v) is 8.44. The fourth-order valence-corrected chi connectivity index (χ4v) is 4.84. The maximum atomic E-state index is 12.8. The van der Waals surface area contributed by atoms with Crippen LogP contribution in [-0.4, -0.2) is 23.0 Å². The molecule has 0 fully saturated rings. The fourth-order valence-electron chi connectivity index (χ4n) is 2.94. The van der Waals surface area contributed by atoms with Gasteiger partial charge in [0.2, 0.25) is 0 Å². The zero-order valence-corrected chi connectivity index (χ0v) is 17.2. The Bertz CT molecular complexity index is 1170. The Labute approximate surface area is 170 Å². The fraction of sp³-hybridized carbons (Fsp3) is 0.250. The largest absolute Gasteiger partial charge is 0.497 e. The van der Waals surface area contributed by atoms with Crippen molar-refractivity contribution in [3.05, 3.63) is 40.9 Å². The van der Waals surface area contributed by atoms with Crippen LogP contribution >= 0.6 is 22.7 Å². The number of thiazole rings is 1. The lowest BCUT2D eigenvalue weighted by atomic mass is 10.1. The number of thiophene rings is 1. The molecule has 0 bridgehead atoms. The van der Waals surface area contributed by atoms with Crippen molar-refractivity contribution < 1.29 is 9.53 Å². The van der Waals surface area contributed by atoms with Crippen LogP contribution in [0.4, 0.5) is 10.8 Å². The Morgan fingerprint density at radius 2 is 2.07 bits per heavy atom. The molecule has 0 aliphatic rings. The number of methoxy groups -OCH3 is 1. The minimum atomic E-state index is -0.262. The van der Waals surface area contributed by atoms with Gasteiger partial charge >= 0.3 is 0 Å². The van der Waals surface area contributed by atoms with Crippen LogP contribution in [0, 0.1) is 0 Å². The van der Waals surface area contributed by atoms with Crippen molar-refractivity contribution in [3.63, 3.8) is 0 Å². The molecule has 0 aliphatic carbocycles. The van der Waals surface area contributed by atoms with E-state index < -0.39 is 0 Å². The van der Waals surface area contributed by atoms with Gasteiger partial charge in [-0.25, -0.2) is 9.97 Å². The van der Waals surface area contributed by atoms with Gasteiger partial charge in [0.15, 0.2) is 5.13 Å². The number of pyridine rings is 1. The molecular formula is C20H20N4O2S2. The van der Waals surface area contributed by atoms with Gasteiger partial charge in [0.05, 0.1) is 23.0 Å². The summed E-state index contributed by atoms with van der Waals surface area (Å²) in [5.41, 5.74) is 8.54. The number of aromatic nitrogens is 2. The van der Waals surface area contributed by atoms with Crippen LogP contribution in [0.5, 0.6) is 5.75 Å². The van der Waals surface area contributed by atoms with E-state index >= 15 is 0 Å². The zero-order valence-electron chi connectivity index (χ0n) is 15.6. The standard InChI is InChI=1S/C20H20N4O2S2/c1-3-4-5-11-6-8-13-16(21)17(28-19(13)22-11)18(25)24-20-23-14-9-7-12(26-2)10-15(14)27-20/h6-10H,3-5,21H2,1-2H3,(H,23,24,25). The lowest BCUT2D eigenvalue weighted by molar-refractivity contribution is 0.103. The molecule has 4 rings (SSSR count). The highest BCUT2D eigenvalue weighted by molar-refractivity contribution is 7.23. The molecule has 0 atom stereocenters. The number of ether oxygens (including phenoxy) is 1. The summed E-state index contributed by atoms with van der Waals surface area (Å²) < 4.78 is 6.18. The van der Waals surface area contributed by atoms with Gasteiger partial charge in [0.1, 0.15) is 15.5 Å². The highest BCUT2D eigenvalue weighted by atomic mass is 32.1. The lowest BCUT2D eigenvalue weighted by Crippen LogP contribution is -2.11. The van der Waals surface area contributed by atoms with E-state index in [-0.39, 0.29) is 5.91 Å². The number of nitrogen functional groups attached to an aromatic ring is 1. The minimum Gasteiger partial charge on any atom is -0.497 e. The number of unbranched alkanes of at least 4 members (excludes halogenated alkanes) is 1. The normalized spacial score (nSPS) is 11.2. The molecule has 28 heavy (non-hydrogen) atoms. The third-order valence-corrected chi connectivity index (χ3v) is 6.51. The van der Waals surface area contributed by atoms with Crippen LogP contribution in [0.25, 0.3) is 20.4 Å². The zero-order chi connectivity index (χ0) is 19.7. The minimum absolute atomic E-state index is 0.262. The second kappa shape index (κ2) is 7.73. The monoisotopic (exact) mass is 412 g/mol. The second-order valence-electron chi connectivity index (χ2n) is 6.41. The Morgan fingerprint density at radius 3 is 2.86 bits per heavy atom. The van der Waals surface area contributed by atoms with Crippen LogP contribution in [0.3, 0.4) is 0 Å². The number of nitrogens with one attached hydrogen (secondary N) is 1. The molecule has 0 saturated carbocycles. The molecule has 0 aliphatic heterocycles. The molecule has 3 N–H and O–H groups in total. The van der Waals surface area contributed by atoms with Crippen molar-refractivity contribution >= 4 is 59.8 Å². The summed E-state index contributed by atoms with van der Waals surface area (Å²) in [4.78, 5) is 23.2. The number of nitrogens with zero attached hydrogens (tertiary/aromatic N) is 2. The number of nitrogens with two attached hydrogens (primary N) is 1. The maximum absolute atomic E-state index is 12.8. The molecule has 0 unspecified atom stereocenters. The van der Waals surface area contributed by atoms with Gasteiger partial charge in [-0.05, 0) is 43.2 Å². The predicted molar refractivity (Wildman–Crippen MR) is 117 cm³/mol. The Balaban J connectivity index is 1.60. The number of rotatable bonds is 6. The highest BCUT2D eigenvalue weighted by Gasteiger charge is 2.19. The number of anilines is 2. The topological polar surface area (TPSA) is 90.1 Å². The molecule has 3 aromatic heterocycles. The average Bonchev–Trinajstić information content (AvgIpc) is 3.25. The average molecular weight is 413 g/mol. The van der Waals surface area contributed by atoms with Crippen molar-refractivity contribution in [2.75, 3.05) is 18.2 Å². The van der Waals surface area contributed by atoms with Crippen LogP contribution in [-0.2, 0) is 6.42 Å². The number of carbonyl (C=O) groups is 1. The van der Waals surface area contributed by atoms with E-state index in [0.717, 1.165) is 51.1 Å².